The number of nitrogens with one attached hydrogen (secondary N) is 1. The van der Waals surface area contributed by atoms with Crippen LogP contribution in [-0.4, -0.2) is 11.7 Å². The van der Waals surface area contributed by atoms with E-state index in [9.17, 15) is 4.39 Å². The van der Waals surface area contributed by atoms with E-state index in [1.165, 1.54) is 6.07 Å². The lowest BCUT2D eigenvalue weighted by atomic mass is 10.3. The van der Waals surface area contributed by atoms with E-state index in [0.717, 1.165) is 0 Å². The third-order valence-electron chi connectivity index (χ3n) is 1.48. The number of rotatable bonds is 3. The van der Waals surface area contributed by atoms with Gasteiger partial charge in [-0.1, -0.05) is 6.07 Å². The zero-order valence-electron chi connectivity index (χ0n) is 7.00. The van der Waals surface area contributed by atoms with Gasteiger partial charge in [-0.25, -0.2) is 4.39 Å². The van der Waals surface area contributed by atoms with Crippen molar-refractivity contribution < 1.29 is 9.50 Å². The van der Waals surface area contributed by atoms with E-state index in [0.29, 0.717) is 12.0 Å². The molecule has 0 bridgehead atoms. The lowest BCUT2D eigenvalue weighted by Gasteiger charge is -2.05. The first-order valence-corrected chi connectivity index (χ1v) is 3.80. The van der Waals surface area contributed by atoms with Crippen molar-refractivity contribution in [2.75, 3.05) is 11.9 Å². The van der Waals surface area contributed by atoms with Crippen molar-refractivity contribution in [1.29, 1.82) is 0 Å². The van der Waals surface area contributed by atoms with Gasteiger partial charge >= 0.3 is 0 Å². The molecule has 0 aliphatic carbocycles. The maximum absolute atomic E-state index is 11.8. The Kier molecular flexibility index (Phi) is 3.14. The summed E-state index contributed by atoms with van der Waals surface area (Å²) >= 11 is 0. The minimum Gasteiger partial charge on any atom is -0.508 e. The number of anilines is 1. The van der Waals surface area contributed by atoms with Gasteiger partial charge in [0.2, 0.25) is 0 Å². The number of phenols is 1. The summed E-state index contributed by atoms with van der Waals surface area (Å²) in [4.78, 5) is 0. The number of benzene rings is 1. The minimum atomic E-state index is 0.114. The first kappa shape index (κ1) is 9.38. The highest BCUT2D eigenvalue weighted by molar-refractivity contribution is 5.48. The monoisotopic (exact) mass is 182 g/mol. The largest absolute Gasteiger partial charge is 0.508 e. The molecular weight excluding hydrogens is 171 g/mol. The Morgan fingerprint density at radius 3 is 3.00 bits per heavy atom. The van der Waals surface area contributed by atoms with Gasteiger partial charge in [0, 0.05) is 11.8 Å². The molecule has 3 nitrogen and oxygen atoms in total. The molecule has 0 spiro atoms. The molecule has 0 unspecified atom stereocenters. The SMILES string of the molecule is NC(=CF)CNc1cccc(O)c1. The molecule has 70 valence electrons. The number of halogens is 1. The number of nitrogens with two attached hydrogens (primary N) is 1. The Morgan fingerprint density at radius 2 is 2.38 bits per heavy atom. The molecule has 0 amide bonds. The van der Waals surface area contributed by atoms with Gasteiger partial charge in [-0.2, -0.15) is 0 Å². The van der Waals surface area contributed by atoms with E-state index in [-0.39, 0.29) is 18.0 Å². The predicted octanol–water partition coefficient (Wildman–Crippen LogP) is 1.57. The first-order valence-electron chi connectivity index (χ1n) is 3.80. The second-order valence-corrected chi connectivity index (χ2v) is 2.59. The highest BCUT2D eigenvalue weighted by Crippen LogP contribution is 2.14. The van der Waals surface area contributed by atoms with Crippen LogP contribution in [-0.2, 0) is 0 Å². The molecule has 0 fully saturated rings. The molecule has 0 radical (unpaired) electrons. The number of hydrogen-bond acceptors (Lipinski definition) is 3. The van der Waals surface area contributed by atoms with Crippen molar-refractivity contribution in [2.24, 2.45) is 5.73 Å². The number of hydrogen-bond donors (Lipinski definition) is 3. The molecule has 0 saturated heterocycles. The van der Waals surface area contributed by atoms with Gasteiger partial charge in [0.15, 0.2) is 0 Å². The summed E-state index contributed by atoms with van der Waals surface area (Å²) in [7, 11) is 0. The standard InChI is InChI=1S/C9H11FN2O/c10-5-7(11)6-12-8-2-1-3-9(13)4-8/h1-5,12-13H,6,11H2. The van der Waals surface area contributed by atoms with Crippen molar-refractivity contribution in [3.8, 4) is 5.75 Å². The Morgan fingerprint density at radius 1 is 1.62 bits per heavy atom. The topological polar surface area (TPSA) is 58.3 Å². The van der Waals surface area contributed by atoms with E-state index < -0.39 is 0 Å². The third kappa shape index (κ3) is 3.02. The predicted molar refractivity (Wildman–Crippen MR) is 50.0 cm³/mol. The molecular formula is C9H11FN2O. The molecule has 13 heavy (non-hydrogen) atoms. The second kappa shape index (κ2) is 4.35. The Balaban J connectivity index is 2.55. The number of phenolic OH excluding ortho intramolecular Hbond substituents is 1. The maximum Gasteiger partial charge on any atom is 0.117 e. The van der Waals surface area contributed by atoms with Crippen LogP contribution in [0.4, 0.5) is 10.1 Å². The fourth-order valence-corrected chi connectivity index (χ4v) is 0.859. The lowest BCUT2D eigenvalue weighted by molar-refractivity contribution is 0.475. The van der Waals surface area contributed by atoms with Crippen molar-refractivity contribution in [1.82, 2.24) is 0 Å². The molecule has 0 atom stereocenters. The van der Waals surface area contributed by atoms with Crippen molar-refractivity contribution in [3.63, 3.8) is 0 Å². The normalized spacial score (nSPS) is 11.3. The van der Waals surface area contributed by atoms with E-state index in [2.05, 4.69) is 5.32 Å². The molecule has 0 aromatic heterocycles. The highest BCUT2D eigenvalue weighted by Gasteiger charge is 1.93. The molecule has 0 aliphatic rings. The van der Waals surface area contributed by atoms with E-state index in [1.807, 2.05) is 0 Å². The number of aromatic hydroxyl groups is 1. The summed E-state index contributed by atoms with van der Waals surface area (Å²) < 4.78 is 11.8. The Hall–Kier alpha value is -1.71. The molecule has 0 heterocycles. The van der Waals surface area contributed by atoms with Crippen molar-refractivity contribution >= 4 is 5.69 Å². The molecule has 0 saturated carbocycles. The van der Waals surface area contributed by atoms with Gasteiger partial charge in [-0.3, -0.25) is 0 Å². The summed E-state index contributed by atoms with van der Waals surface area (Å²) in [5.41, 5.74) is 6.03. The van der Waals surface area contributed by atoms with Crippen LogP contribution in [0.2, 0.25) is 0 Å². The van der Waals surface area contributed by atoms with Crippen LogP contribution in [0.1, 0.15) is 0 Å². The van der Waals surface area contributed by atoms with E-state index >= 15 is 0 Å². The molecule has 1 aromatic rings. The van der Waals surface area contributed by atoms with Crippen LogP contribution in [0.25, 0.3) is 0 Å². The van der Waals surface area contributed by atoms with Crippen LogP contribution in [0.3, 0.4) is 0 Å². The smallest absolute Gasteiger partial charge is 0.117 e. The minimum absolute atomic E-state index is 0.114. The van der Waals surface area contributed by atoms with Crippen molar-refractivity contribution in [3.05, 3.63) is 36.3 Å². The summed E-state index contributed by atoms with van der Waals surface area (Å²) in [6.07, 6.45) is 0.343. The lowest BCUT2D eigenvalue weighted by Crippen LogP contribution is -2.10. The van der Waals surface area contributed by atoms with E-state index in [4.69, 9.17) is 10.8 Å². The van der Waals surface area contributed by atoms with Crippen LogP contribution >= 0.6 is 0 Å². The van der Waals surface area contributed by atoms with Gasteiger partial charge < -0.3 is 16.2 Å². The van der Waals surface area contributed by atoms with Crippen molar-refractivity contribution in [2.45, 2.75) is 0 Å². The zero-order valence-corrected chi connectivity index (χ0v) is 7.00. The van der Waals surface area contributed by atoms with Gasteiger partial charge in [0.25, 0.3) is 0 Å². The van der Waals surface area contributed by atoms with Crippen LogP contribution in [0.15, 0.2) is 36.3 Å². The fraction of sp³-hybridized carbons (Fsp3) is 0.111. The summed E-state index contributed by atoms with van der Waals surface area (Å²) in [6.45, 7) is 0.222. The Bertz CT molecular complexity index is 312. The Labute approximate surface area is 75.7 Å². The summed E-state index contributed by atoms with van der Waals surface area (Å²) in [6, 6.07) is 6.53. The maximum atomic E-state index is 11.8. The van der Waals surface area contributed by atoms with Crippen LogP contribution in [0.5, 0.6) is 5.75 Å². The average molecular weight is 182 g/mol. The second-order valence-electron chi connectivity index (χ2n) is 2.59. The van der Waals surface area contributed by atoms with Crippen LogP contribution < -0.4 is 11.1 Å². The molecule has 4 heteroatoms. The molecule has 1 aromatic carbocycles. The zero-order chi connectivity index (χ0) is 9.68. The highest BCUT2D eigenvalue weighted by atomic mass is 19.1. The van der Waals surface area contributed by atoms with Gasteiger partial charge in [-0.05, 0) is 12.1 Å². The van der Waals surface area contributed by atoms with Gasteiger partial charge in [0.1, 0.15) is 12.1 Å². The average Bonchev–Trinajstić information content (AvgIpc) is 2.14. The molecule has 1 rings (SSSR count). The first-order chi connectivity index (χ1) is 6.22. The fourth-order valence-electron chi connectivity index (χ4n) is 0.859. The quantitative estimate of drug-likeness (QED) is 0.665. The van der Waals surface area contributed by atoms with E-state index in [1.54, 1.807) is 18.2 Å². The van der Waals surface area contributed by atoms with Crippen LogP contribution in [0, 0.1) is 0 Å². The summed E-state index contributed by atoms with van der Waals surface area (Å²) in [5.74, 6) is 0.160. The molecule has 4 N–H and O–H groups in total. The third-order valence-corrected chi connectivity index (χ3v) is 1.48. The molecule has 0 aliphatic heterocycles. The van der Waals surface area contributed by atoms with Gasteiger partial charge in [0.05, 0.1) is 12.2 Å². The summed E-state index contributed by atoms with van der Waals surface area (Å²) in [5, 5.41) is 11.9. The van der Waals surface area contributed by atoms with Gasteiger partial charge in [-0.15, -0.1) is 0 Å².